The molecule has 1 rings (SSSR count). The number of halogens is 3. The summed E-state index contributed by atoms with van der Waals surface area (Å²) >= 11 is 0. The Kier molecular flexibility index (Phi) is 2.12. The Hall–Kier alpha value is -1.39. The summed E-state index contributed by atoms with van der Waals surface area (Å²) in [5.74, 6) is 0. The Bertz CT molecular complexity index is 293. The number of hydrogen-bond acceptors (Lipinski definition) is 0. The van der Waals surface area contributed by atoms with Gasteiger partial charge in [-0.25, -0.2) is 0 Å². The van der Waals surface area contributed by atoms with Crippen molar-refractivity contribution in [1.82, 2.24) is 0 Å². The van der Waals surface area contributed by atoms with Crippen LogP contribution in [-0.4, -0.2) is 0 Å². The summed E-state index contributed by atoms with van der Waals surface area (Å²) in [6, 6.07) is 4.29. The summed E-state index contributed by atoms with van der Waals surface area (Å²) in [6.45, 7) is 0. The smallest absolute Gasteiger partial charge is 0.416 e. The number of rotatable bonds is 1. The molecule has 1 aromatic carbocycles. The largest absolute Gasteiger partial charge is 0.502 e. The fraction of sp³-hybridized carbons (Fsp3) is 0.143. The van der Waals surface area contributed by atoms with Gasteiger partial charge in [0.05, 0.1) is 5.56 Å². The molecule has 0 aliphatic heterocycles. The molecule has 12 heavy (non-hydrogen) atoms. The van der Waals surface area contributed by atoms with E-state index in [2.05, 4.69) is 0 Å². The van der Waals surface area contributed by atoms with Gasteiger partial charge in [-0.2, -0.15) is 13.2 Å². The molecule has 0 aliphatic carbocycles. The molecule has 0 aromatic heterocycles. The van der Waals surface area contributed by atoms with E-state index in [1.54, 1.807) is 5.11 Å². The molecule has 1 N–H and O–H groups in total. The van der Waals surface area contributed by atoms with E-state index in [1.165, 1.54) is 12.1 Å². The van der Waals surface area contributed by atoms with E-state index < -0.39 is 11.7 Å². The third-order valence-electron chi connectivity index (χ3n) is 1.32. The van der Waals surface area contributed by atoms with Gasteiger partial charge in [0.25, 0.3) is 0 Å². The minimum absolute atomic E-state index is 0.0184. The van der Waals surface area contributed by atoms with Gasteiger partial charge in [0, 0.05) is 12.1 Å². The van der Waals surface area contributed by atoms with Gasteiger partial charge < -0.3 is 5.53 Å². The first kappa shape index (κ1) is 8.70. The van der Waals surface area contributed by atoms with Crippen molar-refractivity contribution in [3.05, 3.63) is 35.4 Å². The SMILES string of the molecule is [N-]=[NH+]c1cccc(C(F)(F)F)c1. The number of benzene rings is 1. The summed E-state index contributed by atoms with van der Waals surface area (Å²) in [5.41, 5.74) is 7.54. The maximum absolute atomic E-state index is 12.0. The topological polar surface area (TPSA) is 36.3 Å². The molecule has 64 valence electrons. The fourth-order valence-corrected chi connectivity index (χ4v) is 0.765. The second-order valence-electron chi connectivity index (χ2n) is 2.19. The molecule has 1 aromatic rings. The first-order chi connectivity index (χ1) is 5.54. The van der Waals surface area contributed by atoms with E-state index in [0.717, 1.165) is 12.1 Å². The zero-order chi connectivity index (χ0) is 9.19. The average Bonchev–Trinajstić information content (AvgIpc) is 2.03. The fourth-order valence-electron chi connectivity index (χ4n) is 0.765. The minimum Gasteiger partial charge on any atom is -0.502 e. The van der Waals surface area contributed by atoms with Crippen LogP contribution in [0.3, 0.4) is 0 Å². The van der Waals surface area contributed by atoms with Gasteiger partial charge in [-0.1, -0.05) is 6.07 Å². The average molecular weight is 174 g/mol. The summed E-state index contributed by atoms with van der Waals surface area (Å²) < 4.78 is 36.0. The molecule has 0 radical (unpaired) electrons. The summed E-state index contributed by atoms with van der Waals surface area (Å²) in [6.07, 6.45) is -4.37. The van der Waals surface area contributed by atoms with Crippen LogP contribution in [-0.2, 0) is 6.18 Å². The van der Waals surface area contributed by atoms with Crippen LogP contribution in [0.4, 0.5) is 18.9 Å². The quantitative estimate of drug-likeness (QED) is 0.625. The van der Waals surface area contributed by atoms with Gasteiger partial charge in [0.2, 0.25) is 0 Å². The van der Waals surface area contributed by atoms with Gasteiger partial charge in [0.15, 0.2) is 5.69 Å². The molecule has 0 amide bonds. The Morgan fingerprint density at radius 2 is 1.92 bits per heavy atom. The van der Waals surface area contributed by atoms with Crippen LogP contribution in [0, 0.1) is 0 Å². The van der Waals surface area contributed by atoms with Crippen molar-refractivity contribution >= 4 is 5.69 Å². The number of nitrogens with one attached hydrogen (secondary N) is 1. The van der Waals surface area contributed by atoms with Gasteiger partial charge >= 0.3 is 6.18 Å². The third-order valence-corrected chi connectivity index (χ3v) is 1.32. The lowest BCUT2D eigenvalue weighted by molar-refractivity contribution is -0.380. The molecule has 0 aliphatic rings. The number of hydrogen-bond donors (Lipinski definition) is 1. The highest BCUT2D eigenvalue weighted by molar-refractivity contribution is 5.34. The van der Waals surface area contributed by atoms with Crippen molar-refractivity contribution in [2.45, 2.75) is 6.18 Å². The number of nitrogens with zero attached hydrogens (tertiary/aromatic N) is 1. The predicted molar refractivity (Wildman–Crippen MR) is 35.4 cm³/mol. The first-order valence-corrected chi connectivity index (χ1v) is 3.11. The molecule has 0 heterocycles. The first-order valence-electron chi connectivity index (χ1n) is 3.11. The van der Waals surface area contributed by atoms with E-state index in [1.807, 2.05) is 0 Å². The normalized spacial score (nSPS) is 11.2. The minimum atomic E-state index is -4.37. The Labute approximate surface area is 66.5 Å². The van der Waals surface area contributed by atoms with Crippen LogP contribution in [0.1, 0.15) is 5.56 Å². The highest BCUT2D eigenvalue weighted by atomic mass is 19.4. The summed E-state index contributed by atoms with van der Waals surface area (Å²) in [4.78, 5) is 0. The second kappa shape index (κ2) is 2.92. The molecule has 0 unspecified atom stereocenters. The molecule has 0 saturated carbocycles. The Morgan fingerprint density at radius 1 is 1.25 bits per heavy atom. The van der Waals surface area contributed by atoms with Crippen LogP contribution in [0.5, 0.6) is 0 Å². The van der Waals surface area contributed by atoms with Gasteiger partial charge in [-0.05, 0) is 6.07 Å². The lowest BCUT2D eigenvalue weighted by atomic mass is 10.2. The predicted octanol–water partition coefficient (Wildman–Crippen LogP) is 1.44. The molecule has 5 heteroatoms. The summed E-state index contributed by atoms with van der Waals surface area (Å²) in [7, 11) is 0. The van der Waals surface area contributed by atoms with E-state index in [4.69, 9.17) is 5.53 Å². The lowest BCUT2D eigenvalue weighted by Gasteiger charge is -2.04. The van der Waals surface area contributed by atoms with Crippen LogP contribution in [0.2, 0.25) is 0 Å². The molecule has 0 spiro atoms. The molecular weight excluding hydrogens is 169 g/mol. The Morgan fingerprint density at radius 3 is 2.42 bits per heavy atom. The monoisotopic (exact) mass is 174 g/mol. The van der Waals surface area contributed by atoms with E-state index in [-0.39, 0.29) is 5.69 Å². The molecule has 2 nitrogen and oxygen atoms in total. The summed E-state index contributed by atoms with van der Waals surface area (Å²) in [5, 5.41) is 1.64. The van der Waals surface area contributed by atoms with Gasteiger partial charge in [-0.3, -0.25) is 5.11 Å². The van der Waals surface area contributed by atoms with Crippen molar-refractivity contribution < 1.29 is 18.3 Å². The molecular formula is C7H5F3N2. The zero-order valence-corrected chi connectivity index (χ0v) is 5.89. The van der Waals surface area contributed by atoms with Crippen LogP contribution in [0.15, 0.2) is 24.3 Å². The highest BCUT2D eigenvalue weighted by Gasteiger charge is 2.30. The highest BCUT2D eigenvalue weighted by Crippen LogP contribution is 2.29. The van der Waals surface area contributed by atoms with Crippen LogP contribution >= 0.6 is 0 Å². The van der Waals surface area contributed by atoms with Crippen LogP contribution in [0.25, 0.3) is 5.53 Å². The molecule has 0 saturated heterocycles. The lowest BCUT2D eigenvalue weighted by Crippen LogP contribution is -2.54. The second-order valence-corrected chi connectivity index (χ2v) is 2.19. The van der Waals surface area contributed by atoms with Gasteiger partial charge in [-0.15, -0.1) is 0 Å². The molecule has 0 atom stereocenters. The van der Waals surface area contributed by atoms with E-state index in [9.17, 15) is 13.2 Å². The zero-order valence-electron chi connectivity index (χ0n) is 5.89. The standard InChI is InChI=1S/C7H5F3N2/c8-7(9,10)5-2-1-3-6(4-5)12-11/h1-4,12H. The number of alkyl halides is 3. The van der Waals surface area contributed by atoms with Crippen molar-refractivity contribution in [1.29, 1.82) is 0 Å². The molecule has 0 bridgehead atoms. The van der Waals surface area contributed by atoms with Gasteiger partial charge in [0.1, 0.15) is 0 Å². The maximum atomic E-state index is 12.0. The van der Waals surface area contributed by atoms with E-state index >= 15 is 0 Å². The Balaban J connectivity index is 3.10. The maximum Gasteiger partial charge on any atom is 0.416 e. The third kappa shape index (κ3) is 1.81. The van der Waals surface area contributed by atoms with Crippen molar-refractivity contribution in [2.75, 3.05) is 0 Å². The van der Waals surface area contributed by atoms with Crippen molar-refractivity contribution in [3.63, 3.8) is 0 Å². The van der Waals surface area contributed by atoms with E-state index in [0.29, 0.717) is 0 Å². The van der Waals surface area contributed by atoms with Crippen molar-refractivity contribution in [3.8, 4) is 0 Å². The van der Waals surface area contributed by atoms with Crippen molar-refractivity contribution in [2.24, 2.45) is 0 Å². The molecule has 0 fully saturated rings. The van der Waals surface area contributed by atoms with Crippen LogP contribution < -0.4 is 5.11 Å².